The molecule has 2 aromatic rings. The van der Waals surface area contributed by atoms with Crippen LogP contribution in [0.15, 0.2) is 48.5 Å². The Morgan fingerprint density at radius 1 is 0.952 bits per heavy atom. The quantitative estimate of drug-likeness (QED) is 0.696. The standard InChI is InChI=1S/C19H24FN/c1-4-14(3)15-9-11-18(12-10-15)21-19(5-2)16-7-6-8-17(20)13-16/h6-14,19,21H,4-5H2,1-3H3. The Hall–Kier alpha value is -1.83. The molecule has 0 bridgehead atoms. The third-order valence-corrected chi connectivity index (χ3v) is 4.09. The molecule has 0 fully saturated rings. The first-order valence-corrected chi connectivity index (χ1v) is 7.76. The molecule has 0 saturated heterocycles. The highest BCUT2D eigenvalue weighted by atomic mass is 19.1. The van der Waals surface area contributed by atoms with E-state index in [4.69, 9.17) is 0 Å². The summed E-state index contributed by atoms with van der Waals surface area (Å²) >= 11 is 0. The summed E-state index contributed by atoms with van der Waals surface area (Å²) in [7, 11) is 0. The SMILES string of the molecule is CCC(C)c1ccc(NC(CC)c2cccc(F)c2)cc1. The highest BCUT2D eigenvalue weighted by Crippen LogP contribution is 2.25. The fourth-order valence-corrected chi connectivity index (χ4v) is 2.49. The van der Waals surface area contributed by atoms with Crippen LogP contribution in [0, 0.1) is 5.82 Å². The molecule has 0 aliphatic rings. The first kappa shape index (κ1) is 15.6. The van der Waals surface area contributed by atoms with Crippen molar-refractivity contribution >= 4 is 5.69 Å². The van der Waals surface area contributed by atoms with E-state index in [-0.39, 0.29) is 11.9 Å². The van der Waals surface area contributed by atoms with Gasteiger partial charge in [0.1, 0.15) is 5.82 Å². The van der Waals surface area contributed by atoms with Gasteiger partial charge in [0.2, 0.25) is 0 Å². The third kappa shape index (κ3) is 4.07. The van der Waals surface area contributed by atoms with E-state index in [9.17, 15) is 4.39 Å². The second-order valence-electron chi connectivity index (χ2n) is 5.59. The predicted octanol–water partition coefficient (Wildman–Crippen LogP) is 5.90. The molecule has 21 heavy (non-hydrogen) atoms. The minimum atomic E-state index is -0.181. The number of hydrogen-bond acceptors (Lipinski definition) is 1. The van der Waals surface area contributed by atoms with Crippen LogP contribution in [0.25, 0.3) is 0 Å². The first-order valence-electron chi connectivity index (χ1n) is 7.76. The van der Waals surface area contributed by atoms with Crippen molar-refractivity contribution in [3.05, 3.63) is 65.5 Å². The van der Waals surface area contributed by atoms with Crippen molar-refractivity contribution in [1.29, 1.82) is 0 Å². The Morgan fingerprint density at radius 3 is 2.24 bits per heavy atom. The highest BCUT2D eigenvalue weighted by Gasteiger charge is 2.10. The van der Waals surface area contributed by atoms with Gasteiger partial charge in [0.25, 0.3) is 0 Å². The van der Waals surface area contributed by atoms with E-state index in [0.717, 1.165) is 24.1 Å². The molecule has 2 aromatic carbocycles. The molecule has 2 heteroatoms. The molecule has 0 aliphatic carbocycles. The first-order chi connectivity index (χ1) is 10.1. The summed E-state index contributed by atoms with van der Waals surface area (Å²) in [5.74, 6) is 0.407. The molecular formula is C19H24FN. The maximum Gasteiger partial charge on any atom is 0.123 e. The molecule has 0 aromatic heterocycles. The molecule has 0 radical (unpaired) electrons. The fourth-order valence-electron chi connectivity index (χ4n) is 2.49. The van der Waals surface area contributed by atoms with E-state index in [2.05, 4.69) is 50.4 Å². The highest BCUT2D eigenvalue weighted by molar-refractivity contribution is 5.47. The van der Waals surface area contributed by atoms with Crippen molar-refractivity contribution in [3.63, 3.8) is 0 Å². The van der Waals surface area contributed by atoms with Crippen molar-refractivity contribution in [3.8, 4) is 0 Å². The minimum Gasteiger partial charge on any atom is -0.378 e. The molecule has 0 saturated carbocycles. The predicted molar refractivity (Wildman–Crippen MR) is 88.2 cm³/mol. The van der Waals surface area contributed by atoms with Crippen molar-refractivity contribution in [2.75, 3.05) is 5.32 Å². The lowest BCUT2D eigenvalue weighted by molar-refractivity contribution is 0.621. The molecule has 0 amide bonds. The lowest BCUT2D eigenvalue weighted by Crippen LogP contribution is -2.10. The van der Waals surface area contributed by atoms with E-state index in [1.54, 1.807) is 12.1 Å². The Bertz CT molecular complexity index is 562. The average molecular weight is 285 g/mol. The lowest BCUT2D eigenvalue weighted by Gasteiger charge is -2.19. The zero-order valence-corrected chi connectivity index (χ0v) is 13.1. The van der Waals surface area contributed by atoms with E-state index in [0.29, 0.717) is 5.92 Å². The number of benzene rings is 2. The van der Waals surface area contributed by atoms with Gasteiger partial charge < -0.3 is 5.32 Å². The van der Waals surface area contributed by atoms with Gasteiger partial charge in [0.15, 0.2) is 0 Å². The van der Waals surface area contributed by atoms with Crippen LogP contribution in [-0.4, -0.2) is 0 Å². The maximum atomic E-state index is 13.4. The van der Waals surface area contributed by atoms with Gasteiger partial charge in [-0.25, -0.2) is 4.39 Å². The molecule has 2 rings (SSSR count). The molecule has 1 nitrogen and oxygen atoms in total. The second-order valence-corrected chi connectivity index (χ2v) is 5.59. The third-order valence-electron chi connectivity index (χ3n) is 4.09. The average Bonchev–Trinajstić information content (AvgIpc) is 2.52. The normalized spacial score (nSPS) is 13.7. The molecule has 2 unspecified atom stereocenters. The summed E-state index contributed by atoms with van der Waals surface area (Å²) in [5.41, 5.74) is 3.43. The molecule has 2 atom stereocenters. The van der Waals surface area contributed by atoms with Crippen LogP contribution in [0.5, 0.6) is 0 Å². The van der Waals surface area contributed by atoms with Crippen LogP contribution >= 0.6 is 0 Å². The number of rotatable bonds is 6. The van der Waals surface area contributed by atoms with E-state index in [1.165, 1.54) is 11.6 Å². The molecule has 0 spiro atoms. The van der Waals surface area contributed by atoms with E-state index < -0.39 is 0 Å². The minimum absolute atomic E-state index is 0.134. The summed E-state index contributed by atoms with van der Waals surface area (Å²) in [6, 6.07) is 15.5. The molecule has 1 N–H and O–H groups in total. The Morgan fingerprint density at radius 2 is 1.67 bits per heavy atom. The van der Waals surface area contributed by atoms with Gasteiger partial charge >= 0.3 is 0 Å². The van der Waals surface area contributed by atoms with Gasteiger partial charge in [-0.3, -0.25) is 0 Å². The fraction of sp³-hybridized carbons (Fsp3) is 0.368. The van der Waals surface area contributed by atoms with Gasteiger partial charge in [-0.05, 0) is 54.2 Å². The summed E-state index contributed by atoms with van der Waals surface area (Å²) in [4.78, 5) is 0. The topological polar surface area (TPSA) is 12.0 Å². The van der Waals surface area contributed by atoms with E-state index in [1.807, 2.05) is 6.07 Å². The van der Waals surface area contributed by atoms with Crippen LogP contribution in [0.1, 0.15) is 56.7 Å². The number of nitrogens with one attached hydrogen (secondary N) is 1. The van der Waals surface area contributed by atoms with Gasteiger partial charge in [0, 0.05) is 5.69 Å². The Labute approximate surface area is 127 Å². The summed E-state index contributed by atoms with van der Waals surface area (Å²) < 4.78 is 13.4. The molecular weight excluding hydrogens is 261 g/mol. The maximum absolute atomic E-state index is 13.4. The van der Waals surface area contributed by atoms with Gasteiger partial charge in [-0.15, -0.1) is 0 Å². The van der Waals surface area contributed by atoms with E-state index >= 15 is 0 Å². The lowest BCUT2D eigenvalue weighted by atomic mass is 9.98. The van der Waals surface area contributed by atoms with Crippen molar-refractivity contribution < 1.29 is 4.39 Å². The van der Waals surface area contributed by atoms with Crippen LogP contribution in [0.4, 0.5) is 10.1 Å². The number of halogens is 1. The van der Waals surface area contributed by atoms with Crippen LogP contribution in [0.3, 0.4) is 0 Å². The van der Waals surface area contributed by atoms with Gasteiger partial charge in [-0.2, -0.15) is 0 Å². The molecule has 112 valence electrons. The molecule has 0 aliphatic heterocycles. The Kier molecular flexibility index (Phi) is 5.38. The van der Waals surface area contributed by atoms with Gasteiger partial charge in [-0.1, -0.05) is 45.0 Å². The molecule has 0 heterocycles. The van der Waals surface area contributed by atoms with Crippen LogP contribution in [0.2, 0.25) is 0 Å². The largest absolute Gasteiger partial charge is 0.378 e. The summed E-state index contributed by atoms with van der Waals surface area (Å²) in [6.07, 6.45) is 2.06. The second kappa shape index (κ2) is 7.26. The smallest absolute Gasteiger partial charge is 0.123 e. The van der Waals surface area contributed by atoms with Crippen LogP contribution < -0.4 is 5.32 Å². The van der Waals surface area contributed by atoms with Crippen molar-refractivity contribution in [2.24, 2.45) is 0 Å². The zero-order valence-electron chi connectivity index (χ0n) is 13.1. The Balaban J connectivity index is 2.12. The van der Waals surface area contributed by atoms with Crippen molar-refractivity contribution in [2.45, 2.75) is 45.6 Å². The van der Waals surface area contributed by atoms with Gasteiger partial charge in [0.05, 0.1) is 6.04 Å². The summed E-state index contributed by atoms with van der Waals surface area (Å²) in [5, 5.41) is 3.49. The van der Waals surface area contributed by atoms with Crippen LogP contribution in [-0.2, 0) is 0 Å². The number of anilines is 1. The monoisotopic (exact) mass is 285 g/mol. The zero-order chi connectivity index (χ0) is 15.2. The number of hydrogen-bond donors (Lipinski definition) is 1. The summed E-state index contributed by atoms with van der Waals surface area (Å²) in [6.45, 7) is 6.55. The van der Waals surface area contributed by atoms with Crippen molar-refractivity contribution in [1.82, 2.24) is 0 Å².